The van der Waals surface area contributed by atoms with Gasteiger partial charge in [-0.1, -0.05) is 48.6 Å². The summed E-state index contributed by atoms with van der Waals surface area (Å²) in [4.78, 5) is 0. The minimum atomic E-state index is 1.08. The van der Waals surface area contributed by atoms with Crippen molar-refractivity contribution in [3.8, 4) is 0 Å². The molecule has 1 radical (unpaired) electrons. The predicted octanol–water partition coefficient (Wildman–Crippen LogP) is 4.38. The molecule has 0 spiro atoms. The summed E-state index contributed by atoms with van der Waals surface area (Å²) >= 11 is 0. The van der Waals surface area contributed by atoms with Gasteiger partial charge in [0.05, 0.1) is 0 Å². The Bertz CT molecular complexity index is 178. The molecular formula is C14H19. The zero-order chi connectivity index (χ0) is 9.90. The normalized spacial score (nSPS) is 28.6. The average molecular weight is 187 g/mol. The van der Waals surface area contributed by atoms with E-state index >= 15 is 0 Å². The summed E-state index contributed by atoms with van der Waals surface area (Å²) < 4.78 is 0. The maximum Gasteiger partial charge on any atom is 0.00441 e. The van der Waals surface area contributed by atoms with E-state index in [-0.39, 0.29) is 0 Å². The van der Waals surface area contributed by atoms with Crippen molar-refractivity contribution in [3.63, 3.8) is 0 Å². The van der Waals surface area contributed by atoms with Crippen molar-refractivity contribution in [1.29, 1.82) is 0 Å². The molecule has 0 heteroatoms. The summed E-state index contributed by atoms with van der Waals surface area (Å²) in [6, 6.07) is 0. The lowest BCUT2D eigenvalue weighted by atomic mass is 10.2. The molecule has 1 aliphatic rings. The third-order valence-electron chi connectivity index (χ3n) is 2.10. The molecule has 0 unspecified atom stereocenters. The van der Waals surface area contributed by atoms with Crippen molar-refractivity contribution in [3.05, 3.63) is 55.0 Å². The molecule has 14 heavy (non-hydrogen) atoms. The van der Waals surface area contributed by atoms with E-state index < -0.39 is 0 Å². The first-order chi connectivity index (χ1) is 7.00. The summed E-state index contributed by atoms with van der Waals surface area (Å²) in [7, 11) is 0. The van der Waals surface area contributed by atoms with Crippen molar-refractivity contribution in [1.82, 2.24) is 0 Å². The van der Waals surface area contributed by atoms with E-state index in [1.54, 1.807) is 0 Å². The summed E-state index contributed by atoms with van der Waals surface area (Å²) in [6.07, 6.45) is 25.5. The molecule has 0 saturated carbocycles. The van der Waals surface area contributed by atoms with Crippen LogP contribution in [0.4, 0.5) is 0 Å². The van der Waals surface area contributed by atoms with Crippen LogP contribution < -0.4 is 0 Å². The lowest BCUT2D eigenvalue weighted by Gasteiger charge is -1.90. The van der Waals surface area contributed by atoms with Gasteiger partial charge in [0.1, 0.15) is 0 Å². The highest BCUT2D eigenvalue weighted by molar-refractivity contribution is 5.09. The maximum absolute atomic E-state index is 2.26. The molecular weight excluding hydrogens is 168 g/mol. The molecule has 0 nitrogen and oxygen atoms in total. The predicted molar refractivity (Wildman–Crippen MR) is 63.9 cm³/mol. The highest BCUT2D eigenvalue weighted by atomic mass is 13.9. The first-order valence-electron chi connectivity index (χ1n) is 5.45. The molecule has 0 saturated heterocycles. The van der Waals surface area contributed by atoms with Crippen LogP contribution in [0.3, 0.4) is 0 Å². The molecule has 1 rings (SSSR count). The van der Waals surface area contributed by atoms with Gasteiger partial charge in [0.25, 0.3) is 0 Å². The third-order valence-corrected chi connectivity index (χ3v) is 2.10. The fourth-order valence-electron chi connectivity index (χ4n) is 1.31. The van der Waals surface area contributed by atoms with Gasteiger partial charge in [-0.3, -0.25) is 0 Å². The lowest BCUT2D eigenvalue weighted by Crippen LogP contribution is -1.70. The van der Waals surface area contributed by atoms with Crippen molar-refractivity contribution in [2.24, 2.45) is 0 Å². The van der Waals surface area contributed by atoms with Crippen molar-refractivity contribution < 1.29 is 0 Å². The number of allylic oxidation sites excluding steroid dienone is 8. The van der Waals surface area contributed by atoms with Crippen LogP contribution in [-0.2, 0) is 0 Å². The lowest BCUT2D eigenvalue weighted by molar-refractivity contribution is 1.03. The number of rotatable bonds is 0. The summed E-state index contributed by atoms with van der Waals surface area (Å²) in [5, 5.41) is 0. The van der Waals surface area contributed by atoms with Gasteiger partial charge in [0.2, 0.25) is 0 Å². The topological polar surface area (TPSA) is 0 Å². The van der Waals surface area contributed by atoms with Crippen molar-refractivity contribution in [2.75, 3.05) is 0 Å². The molecule has 0 fully saturated rings. The Morgan fingerprint density at radius 2 is 1.00 bits per heavy atom. The van der Waals surface area contributed by atoms with Crippen LogP contribution in [0, 0.1) is 6.42 Å². The third kappa shape index (κ3) is 6.47. The maximum atomic E-state index is 2.26. The summed E-state index contributed by atoms with van der Waals surface area (Å²) in [5.41, 5.74) is 0. The Hall–Kier alpha value is -1.04. The average Bonchev–Trinajstić information content (AvgIpc) is 2.22. The van der Waals surface area contributed by atoms with Gasteiger partial charge in [-0.05, 0) is 32.1 Å². The molecule has 0 amide bonds. The highest BCUT2D eigenvalue weighted by Gasteiger charge is 1.80. The van der Waals surface area contributed by atoms with E-state index in [2.05, 4.69) is 55.0 Å². The second-order valence-corrected chi connectivity index (χ2v) is 3.38. The van der Waals surface area contributed by atoms with Crippen LogP contribution in [0.1, 0.15) is 32.1 Å². The van der Waals surface area contributed by atoms with Crippen LogP contribution >= 0.6 is 0 Å². The van der Waals surface area contributed by atoms with Crippen LogP contribution in [0.25, 0.3) is 0 Å². The minimum Gasteiger partial charge on any atom is -0.0879 e. The second-order valence-electron chi connectivity index (χ2n) is 3.38. The molecule has 0 N–H and O–H groups in total. The smallest absolute Gasteiger partial charge is 0.00441 e. The fourth-order valence-corrected chi connectivity index (χ4v) is 1.31. The minimum absolute atomic E-state index is 1.08. The molecule has 0 bridgehead atoms. The first kappa shape index (κ1) is 11.0. The van der Waals surface area contributed by atoms with Gasteiger partial charge < -0.3 is 0 Å². The molecule has 0 atom stereocenters. The first-order valence-corrected chi connectivity index (χ1v) is 5.45. The quantitative estimate of drug-likeness (QED) is 0.494. The number of hydrogen-bond donors (Lipinski definition) is 0. The zero-order valence-electron chi connectivity index (χ0n) is 8.73. The Morgan fingerprint density at radius 1 is 0.500 bits per heavy atom. The fraction of sp³-hybridized carbons (Fsp3) is 0.357. The Kier molecular flexibility index (Phi) is 6.74. The van der Waals surface area contributed by atoms with E-state index in [1.807, 2.05) is 0 Å². The standard InChI is InChI=1S/C14H19/c1-2-4-6-8-10-12-14-13-11-9-7-5-3-1/h1-5,10-13H,6-9,14H2/b4-2+,5-3+,12-10+,13-11+. The Balaban J connectivity index is 2.33. The van der Waals surface area contributed by atoms with Crippen LogP contribution in [0.15, 0.2) is 48.6 Å². The van der Waals surface area contributed by atoms with E-state index in [0.29, 0.717) is 0 Å². The molecule has 0 heterocycles. The van der Waals surface area contributed by atoms with E-state index in [4.69, 9.17) is 0 Å². The molecule has 75 valence electrons. The largest absolute Gasteiger partial charge is 0.0879 e. The van der Waals surface area contributed by atoms with Gasteiger partial charge >= 0.3 is 0 Å². The Morgan fingerprint density at radius 3 is 1.57 bits per heavy atom. The van der Waals surface area contributed by atoms with E-state index in [1.165, 1.54) is 0 Å². The van der Waals surface area contributed by atoms with E-state index in [0.717, 1.165) is 32.1 Å². The van der Waals surface area contributed by atoms with Gasteiger partial charge in [-0.2, -0.15) is 0 Å². The zero-order valence-corrected chi connectivity index (χ0v) is 8.73. The monoisotopic (exact) mass is 187 g/mol. The van der Waals surface area contributed by atoms with Crippen molar-refractivity contribution >= 4 is 0 Å². The highest BCUT2D eigenvalue weighted by Crippen LogP contribution is 2.00. The van der Waals surface area contributed by atoms with Gasteiger partial charge in [0, 0.05) is 6.42 Å². The molecule has 0 aromatic carbocycles. The number of hydrogen-bond acceptors (Lipinski definition) is 0. The van der Waals surface area contributed by atoms with Crippen LogP contribution in [-0.4, -0.2) is 0 Å². The van der Waals surface area contributed by atoms with Crippen LogP contribution in [0.2, 0.25) is 0 Å². The molecule has 0 aromatic rings. The SMILES string of the molecule is [CH]1/C=C/CC/C=C/C/C=C/CC/C=C/1. The van der Waals surface area contributed by atoms with E-state index in [9.17, 15) is 0 Å². The molecule has 1 aliphatic carbocycles. The van der Waals surface area contributed by atoms with Gasteiger partial charge in [-0.15, -0.1) is 0 Å². The van der Waals surface area contributed by atoms with Crippen LogP contribution in [0.5, 0.6) is 0 Å². The molecule has 0 aliphatic heterocycles. The summed E-state index contributed by atoms with van der Waals surface area (Å²) in [5.74, 6) is 0. The van der Waals surface area contributed by atoms with Gasteiger partial charge in [-0.25, -0.2) is 0 Å². The molecule has 0 aromatic heterocycles. The van der Waals surface area contributed by atoms with Crippen molar-refractivity contribution in [2.45, 2.75) is 32.1 Å². The van der Waals surface area contributed by atoms with Gasteiger partial charge in [0.15, 0.2) is 0 Å². The second kappa shape index (κ2) is 8.55. The summed E-state index contributed by atoms with van der Waals surface area (Å²) in [6.45, 7) is 0. The Labute approximate surface area is 87.7 Å².